The first-order chi connectivity index (χ1) is 9.59. The highest BCUT2D eigenvalue weighted by atomic mass is 32.1. The molecule has 1 saturated heterocycles. The zero-order valence-corrected chi connectivity index (χ0v) is 11.6. The lowest BCUT2D eigenvalue weighted by atomic mass is 10.1. The van der Waals surface area contributed by atoms with Gasteiger partial charge in [-0.3, -0.25) is 9.59 Å². The number of rotatable bonds is 5. The van der Waals surface area contributed by atoms with Gasteiger partial charge in [-0.25, -0.2) is 4.79 Å². The van der Waals surface area contributed by atoms with Crippen LogP contribution in [0.25, 0.3) is 0 Å². The van der Waals surface area contributed by atoms with Crippen LogP contribution in [0.5, 0.6) is 0 Å². The molecule has 1 aromatic heterocycles. The van der Waals surface area contributed by atoms with Crippen molar-refractivity contribution in [2.75, 3.05) is 19.8 Å². The van der Waals surface area contributed by atoms with E-state index in [1.165, 1.54) is 16.2 Å². The molecule has 1 amide bonds. The second-order valence-corrected chi connectivity index (χ2v) is 5.36. The summed E-state index contributed by atoms with van der Waals surface area (Å²) in [6, 6.07) is 2.54. The van der Waals surface area contributed by atoms with Crippen LogP contribution in [-0.2, 0) is 14.3 Å². The van der Waals surface area contributed by atoms with Crippen molar-refractivity contribution in [2.24, 2.45) is 0 Å². The average molecular weight is 297 g/mol. The van der Waals surface area contributed by atoms with Crippen LogP contribution in [0.4, 0.5) is 0 Å². The molecule has 6 nitrogen and oxygen atoms in total. The van der Waals surface area contributed by atoms with Gasteiger partial charge in [-0.15, -0.1) is 11.3 Å². The summed E-state index contributed by atoms with van der Waals surface area (Å²) in [6.07, 6.45) is 0.129. The molecule has 0 saturated carbocycles. The number of amides is 1. The maximum absolute atomic E-state index is 12.0. The number of morpholine rings is 1. The van der Waals surface area contributed by atoms with Crippen molar-refractivity contribution in [1.29, 1.82) is 0 Å². The number of ketones is 1. The Morgan fingerprint density at radius 2 is 2.20 bits per heavy atom. The molecular weight excluding hydrogens is 282 g/mol. The van der Waals surface area contributed by atoms with Gasteiger partial charge in [0, 0.05) is 19.4 Å². The minimum absolute atomic E-state index is 0.0000552. The van der Waals surface area contributed by atoms with E-state index in [0.29, 0.717) is 11.5 Å². The summed E-state index contributed by atoms with van der Waals surface area (Å²) in [5.41, 5.74) is 0. The van der Waals surface area contributed by atoms with Crippen LogP contribution >= 0.6 is 11.3 Å². The number of Topliss-reactive ketones (excluding diaryl/α,β-unsaturated/α-hetero) is 1. The second kappa shape index (κ2) is 6.62. The average Bonchev–Trinajstić information content (AvgIpc) is 2.98. The van der Waals surface area contributed by atoms with Crippen LogP contribution in [-0.4, -0.2) is 53.5 Å². The number of thiophene rings is 1. The summed E-state index contributed by atoms with van der Waals surface area (Å²) in [7, 11) is 0. The van der Waals surface area contributed by atoms with Gasteiger partial charge in [-0.05, 0) is 11.4 Å². The lowest BCUT2D eigenvalue weighted by Gasteiger charge is -2.32. The van der Waals surface area contributed by atoms with Gasteiger partial charge in [-0.2, -0.15) is 0 Å². The molecule has 1 aliphatic heterocycles. The minimum Gasteiger partial charge on any atom is -0.480 e. The predicted molar refractivity (Wildman–Crippen MR) is 71.8 cm³/mol. The lowest BCUT2D eigenvalue weighted by Crippen LogP contribution is -2.52. The Hall–Kier alpha value is -1.73. The van der Waals surface area contributed by atoms with E-state index in [1.807, 2.05) is 0 Å². The van der Waals surface area contributed by atoms with E-state index in [1.54, 1.807) is 17.5 Å². The summed E-state index contributed by atoms with van der Waals surface area (Å²) < 4.78 is 5.07. The van der Waals surface area contributed by atoms with Crippen LogP contribution in [0.3, 0.4) is 0 Å². The van der Waals surface area contributed by atoms with Crippen LogP contribution < -0.4 is 0 Å². The molecule has 0 radical (unpaired) electrons. The highest BCUT2D eigenvalue weighted by Gasteiger charge is 2.32. The van der Waals surface area contributed by atoms with E-state index in [-0.39, 0.29) is 37.7 Å². The van der Waals surface area contributed by atoms with Gasteiger partial charge in [0.05, 0.1) is 18.1 Å². The molecule has 1 atom stereocenters. The largest absolute Gasteiger partial charge is 0.480 e. The van der Waals surface area contributed by atoms with Crippen molar-refractivity contribution in [2.45, 2.75) is 18.9 Å². The third-order valence-electron chi connectivity index (χ3n) is 3.10. The van der Waals surface area contributed by atoms with E-state index >= 15 is 0 Å². The molecule has 0 bridgehead atoms. The molecular formula is C13H15NO5S. The van der Waals surface area contributed by atoms with Crippen molar-refractivity contribution < 1.29 is 24.2 Å². The topological polar surface area (TPSA) is 83.9 Å². The highest BCUT2D eigenvalue weighted by Crippen LogP contribution is 2.15. The molecule has 1 aliphatic rings. The smallest absolute Gasteiger partial charge is 0.328 e. The first-order valence-electron chi connectivity index (χ1n) is 6.26. The molecule has 20 heavy (non-hydrogen) atoms. The van der Waals surface area contributed by atoms with Crippen LogP contribution in [0.1, 0.15) is 22.5 Å². The zero-order valence-electron chi connectivity index (χ0n) is 10.8. The van der Waals surface area contributed by atoms with Crippen LogP contribution in [0.2, 0.25) is 0 Å². The normalized spacial score (nSPS) is 18.8. The fourth-order valence-corrected chi connectivity index (χ4v) is 2.73. The maximum Gasteiger partial charge on any atom is 0.328 e. The summed E-state index contributed by atoms with van der Waals surface area (Å²) >= 11 is 1.34. The molecule has 2 heterocycles. The Balaban J connectivity index is 1.90. The third-order valence-corrected chi connectivity index (χ3v) is 4.01. The van der Waals surface area contributed by atoms with E-state index in [2.05, 4.69) is 0 Å². The first-order valence-corrected chi connectivity index (χ1v) is 7.14. The number of carboxylic acid groups (broad SMARTS) is 1. The van der Waals surface area contributed by atoms with Gasteiger partial charge in [0.15, 0.2) is 11.8 Å². The Bertz CT molecular complexity index is 499. The number of carbonyl (C=O) groups excluding carboxylic acids is 2. The number of ether oxygens (including phenoxy) is 1. The molecule has 108 valence electrons. The second-order valence-electron chi connectivity index (χ2n) is 4.42. The molecule has 1 fully saturated rings. The summed E-state index contributed by atoms with van der Waals surface area (Å²) in [5, 5.41) is 10.8. The monoisotopic (exact) mass is 297 g/mol. The van der Waals surface area contributed by atoms with Crippen LogP contribution in [0.15, 0.2) is 17.5 Å². The summed E-state index contributed by atoms with van der Waals surface area (Å²) in [5.74, 6) is -1.48. The van der Waals surface area contributed by atoms with Crippen molar-refractivity contribution in [3.63, 3.8) is 0 Å². The van der Waals surface area contributed by atoms with Gasteiger partial charge >= 0.3 is 5.97 Å². The quantitative estimate of drug-likeness (QED) is 0.820. The predicted octanol–water partition coefficient (Wildman–Crippen LogP) is 1.02. The molecule has 1 aromatic rings. The first kappa shape index (κ1) is 14.7. The van der Waals surface area contributed by atoms with E-state index < -0.39 is 12.0 Å². The molecule has 0 aromatic carbocycles. The molecule has 2 rings (SSSR count). The number of hydrogen-bond acceptors (Lipinski definition) is 5. The summed E-state index contributed by atoms with van der Waals surface area (Å²) in [6.45, 7) is 0.581. The summed E-state index contributed by atoms with van der Waals surface area (Å²) in [4.78, 5) is 36.8. The molecule has 0 aliphatic carbocycles. The van der Waals surface area contributed by atoms with Gasteiger partial charge in [0.25, 0.3) is 0 Å². The van der Waals surface area contributed by atoms with Crippen molar-refractivity contribution in [3.05, 3.63) is 22.4 Å². The van der Waals surface area contributed by atoms with Gasteiger partial charge < -0.3 is 14.7 Å². The fourth-order valence-electron chi connectivity index (χ4n) is 2.03. The van der Waals surface area contributed by atoms with Crippen molar-refractivity contribution >= 4 is 29.0 Å². The minimum atomic E-state index is -1.08. The Morgan fingerprint density at radius 3 is 2.85 bits per heavy atom. The fraction of sp³-hybridized carbons (Fsp3) is 0.462. The molecule has 1 unspecified atom stereocenters. The molecule has 7 heteroatoms. The van der Waals surface area contributed by atoms with E-state index in [4.69, 9.17) is 9.84 Å². The van der Waals surface area contributed by atoms with Gasteiger partial charge in [0.1, 0.15) is 0 Å². The van der Waals surface area contributed by atoms with Crippen molar-refractivity contribution in [3.8, 4) is 0 Å². The SMILES string of the molecule is O=C(CCC(=O)N1CCOCC1C(=O)O)c1cccs1. The number of nitrogens with zero attached hydrogens (tertiary/aromatic N) is 1. The number of aliphatic carboxylic acids is 1. The Labute approximate surface area is 120 Å². The number of hydrogen-bond donors (Lipinski definition) is 1. The zero-order chi connectivity index (χ0) is 14.5. The standard InChI is InChI=1S/C13H15NO5S/c15-10(11-2-1-7-20-11)3-4-12(16)14-5-6-19-8-9(14)13(17)18/h1-2,7,9H,3-6,8H2,(H,17,18). The number of carbonyl (C=O) groups is 3. The Kier molecular flexibility index (Phi) is 4.86. The third kappa shape index (κ3) is 3.43. The van der Waals surface area contributed by atoms with Gasteiger partial charge in [-0.1, -0.05) is 6.07 Å². The Morgan fingerprint density at radius 1 is 1.40 bits per heavy atom. The highest BCUT2D eigenvalue weighted by molar-refractivity contribution is 7.12. The molecule has 0 spiro atoms. The van der Waals surface area contributed by atoms with E-state index in [0.717, 1.165) is 0 Å². The van der Waals surface area contributed by atoms with Crippen molar-refractivity contribution in [1.82, 2.24) is 4.90 Å². The van der Waals surface area contributed by atoms with Crippen LogP contribution in [0, 0.1) is 0 Å². The molecule has 1 N–H and O–H groups in total. The lowest BCUT2D eigenvalue weighted by molar-refractivity contribution is -0.158. The maximum atomic E-state index is 12.0. The number of carboxylic acids is 1. The van der Waals surface area contributed by atoms with E-state index in [9.17, 15) is 14.4 Å². The van der Waals surface area contributed by atoms with Gasteiger partial charge in [0.2, 0.25) is 5.91 Å².